The van der Waals surface area contributed by atoms with Gasteiger partial charge in [-0.3, -0.25) is 9.63 Å². The van der Waals surface area contributed by atoms with Gasteiger partial charge in [-0.2, -0.15) is 17.5 Å². The molecule has 1 amide bonds. The minimum Gasteiger partial charge on any atom is -0.376 e. The fraction of sp³-hybridized carbons (Fsp3) is 0.476. The number of carbonyl (C=O) groups excluding carboxylic acids is 1. The number of anilines is 1. The van der Waals surface area contributed by atoms with E-state index in [9.17, 15) is 31.5 Å². The molecule has 1 aromatic heterocycles. The van der Waals surface area contributed by atoms with E-state index in [1.54, 1.807) is 16.3 Å². The molecule has 1 fully saturated rings. The molecule has 1 aromatic carbocycles. The molecule has 2 atom stereocenters. The van der Waals surface area contributed by atoms with Gasteiger partial charge in [0.2, 0.25) is 5.91 Å². The van der Waals surface area contributed by atoms with Gasteiger partial charge in [0.25, 0.3) is 10.0 Å². The molecule has 0 saturated carbocycles. The fourth-order valence-corrected chi connectivity index (χ4v) is 6.28. The van der Waals surface area contributed by atoms with Gasteiger partial charge in [-0.05, 0) is 36.1 Å². The molecule has 3 rings (SSSR count). The van der Waals surface area contributed by atoms with Crippen molar-refractivity contribution in [2.45, 2.75) is 35.4 Å². The lowest BCUT2D eigenvalue weighted by Gasteiger charge is -2.42. The summed E-state index contributed by atoms with van der Waals surface area (Å²) in [6.45, 7) is 1.03. The Bertz CT molecular complexity index is 1090. The Morgan fingerprint density at radius 1 is 1.24 bits per heavy atom. The Morgan fingerprint density at radius 2 is 1.88 bits per heavy atom. The maximum absolute atomic E-state index is 13.2. The van der Waals surface area contributed by atoms with Crippen LogP contribution in [-0.2, 0) is 25.3 Å². The van der Waals surface area contributed by atoms with Gasteiger partial charge in [0.15, 0.2) is 5.60 Å². The van der Waals surface area contributed by atoms with Crippen LogP contribution in [0.25, 0.3) is 0 Å². The number of hydrogen-bond donors (Lipinski definition) is 1. The molecule has 1 N–H and O–H groups in total. The highest BCUT2D eigenvalue weighted by Crippen LogP contribution is 2.39. The van der Waals surface area contributed by atoms with Crippen molar-refractivity contribution >= 4 is 33.0 Å². The van der Waals surface area contributed by atoms with E-state index in [0.717, 1.165) is 16.4 Å². The largest absolute Gasteiger partial charge is 0.421 e. The molecular formula is C21H26F3N3O5S2. The molecule has 1 aliphatic heterocycles. The number of halogens is 3. The van der Waals surface area contributed by atoms with Crippen LogP contribution in [0.4, 0.5) is 18.9 Å². The number of nitrogens with zero attached hydrogens (tertiary/aromatic N) is 3. The molecule has 1 unspecified atom stereocenters. The van der Waals surface area contributed by atoms with Crippen molar-refractivity contribution in [1.29, 1.82) is 0 Å². The molecule has 0 aliphatic carbocycles. The summed E-state index contributed by atoms with van der Waals surface area (Å²) in [6.07, 6.45) is -4.93. The third kappa shape index (κ3) is 5.23. The number of sulfonamides is 1. The second-order valence-electron chi connectivity index (χ2n) is 8.04. The van der Waals surface area contributed by atoms with Crippen LogP contribution < -0.4 is 4.90 Å². The van der Waals surface area contributed by atoms with E-state index < -0.39 is 27.8 Å². The van der Waals surface area contributed by atoms with E-state index in [1.807, 2.05) is 0 Å². The lowest BCUT2D eigenvalue weighted by Crippen LogP contribution is -2.56. The topological polar surface area (TPSA) is 90.4 Å². The zero-order chi connectivity index (χ0) is 25.3. The van der Waals surface area contributed by atoms with Crippen molar-refractivity contribution in [1.82, 2.24) is 9.37 Å². The standard InChI is InChI=1S/C21H26F3N3O5S2/c1-20(29,21(22,23)24)15-6-8-16(9-7-15)27-11-10-26(34(30,31)19-5-4-12-33-19)14-17(27)13-18(28)25(2)32-3/h4-9,12,17,29H,10-11,13-14H2,1-3H3/t17-,20?/m0/s1. The molecule has 188 valence electrons. The van der Waals surface area contributed by atoms with E-state index in [2.05, 4.69) is 0 Å². The van der Waals surface area contributed by atoms with Crippen molar-refractivity contribution in [3.63, 3.8) is 0 Å². The van der Waals surface area contributed by atoms with Crippen LogP contribution in [-0.4, -0.2) is 74.8 Å². The molecular weight excluding hydrogens is 495 g/mol. The molecule has 34 heavy (non-hydrogen) atoms. The maximum Gasteiger partial charge on any atom is 0.421 e. The Hall–Kier alpha value is -2.19. The number of piperazine rings is 1. The van der Waals surface area contributed by atoms with Crippen molar-refractivity contribution in [3.8, 4) is 0 Å². The smallest absolute Gasteiger partial charge is 0.376 e. The van der Waals surface area contributed by atoms with Gasteiger partial charge in [0, 0.05) is 32.4 Å². The number of benzene rings is 1. The molecule has 2 heterocycles. The second-order valence-corrected chi connectivity index (χ2v) is 11.1. The highest BCUT2D eigenvalue weighted by molar-refractivity contribution is 7.91. The van der Waals surface area contributed by atoms with Crippen LogP contribution in [0.5, 0.6) is 0 Å². The molecule has 0 bridgehead atoms. The predicted octanol–water partition coefficient (Wildman–Crippen LogP) is 2.81. The number of rotatable bonds is 7. The van der Waals surface area contributed by atoms with Crippen molar-refractivity contribution < 1.29 is 36.3 Å². The summed E-state index contributed by atoms with van der Waals surface area (Å²) in [5.74, 6) is -0.385. The Kier molecular flexibility index (Phi) is 7.63. The first-order chi connectivity index (χ1) is 15.8. The molecule has 1 aliphatic rings. The molecule has 8 nitrogen and oxygen atoms in total. The number of hydroxylamine groups is 2. The first-order valence-corrected chi connectivity index (χ1v) is 12.6. The molecule has 2 aromatic rings. The normalized spacial score (nSPS) is 19.6. The zero-order valence-corrected chi connectivity index (χ0v) is 20.5. The number of aliphatic hydroxyl groups is 1. The highest BCUT2D eigenvalue weighted by atomic mass is 32.2. The summed E-state index contributed by atoms with van der Waals surface area (Å²) in [4.78, 5) is 19.3. The summed E-state index contributed by atoms with van der Waals surface area (Å²) in [6, 6.07) is 7.77. The van der Waals surface area contributed by atoms with E-state index in [-0.39, 0.29) is 41.7 Å². The number of thiophene rings is 1. The first kappa shape index (κ1) is 26.4. The van der Waals surface area contributed by atoms with E-state index >= 15 is 0 Å². The van der Waals surface area contributed by atoms with Crippen molar-refractivity contribution in [2.24, 2.45) is 0 Å². The Morgan fingerprint density at radius 3 is 2.41 bits per heavy atom. The fourth-order valence-electron chi connectivity index (χ4n) is 3.67. The summed E-state index contributed by atoms with van der Waals surface area (Å²) in [5, 5.41) is 12.6. The third-order valence-corrected chi connectivity index (χ3v) is 9.12. The zero-order valence-electron chi connectivity index (χ0n) is 18.8. The predicted molar refractivity (Wildman–Crippen MR) is 121 cm³/mol. The van der Waals surface area contributed by atoms with Crippen LogP contribution in [0, 0.1) is 0 Å². The SMILES string of the molecule is CON(C)C(=O)C[C@H]1CN(S(=O)(=O)c2cccs2)CCN1c1ccc(C(C)(O)C(F)(F)F)cc1. The van der Waals surface area contributed by atoms with Gasteiger partial charge in [-0.1, -0.05) is 18.2 Å². The van der Waals surface area contributed by atoms with Gasteiger partial charge < -0.3 is 10.0 Å². The second kappa shape index (κ2) is 9.82. The average molecular weight is 522 g/mol. The number of carbonyl (C=O) groups is 1. The maximum atomic E-state index is 13.2. The first-order valence-electron chi connectivity index (χ1n) is 10.3. The summed E-state index contributed by atoms with van der Waals surface area (Å²) in [5.41, 5.74) is -2.84. The average Bonchev–Trinajstić information content (AvgIpc) is 3.33. The molecule has 0 spiro atoms. The quantitative estimate of drug-likeness (QED) is 0.564. The van der Waals surface area contributed by atoms with Gasteiger partial charge in [-0.15, -0.1) is 11.3 Å². The van der Waals surface area contributed by atoms with Crippen molar-refractivity contribution in [2.75, 3.05) is 38.7 Å². The van der Waals surface area contributed by atoms with Crippen LogP contribution in [0.1, 0.15) is 18.9 Å². The molecule has 1 saturated heterocycles. The highest BCUT2D eigenvalue weighted by Gasteiger charge is 2.51. The Balaban J connectivity index is 1.89. The van der Waals surface area contributed by atoms with E-state index in [1.165, 1.54) is 48.8 Å². The van der Waals surface area contributed by atoms with Crippen LogP contribution in [0.15, 0.2) is 46.0 Å². The lowest BCUT2D eigenvalue weighted by molar-refractivity contribution is -0.258. The van der Waals surface area contributed by atoms with Crippen LogP contribution >= 0.6 is 11.3 Å². The van der Waals surface area contributed by atoms with Crippen molar-refractivity contribution in [3.05, 3.63) is 47.3 Å². The molecule has 0 radical (unpaired) electrons. The van der Waals surface area contributed by atoms with Gasteiger partial charge in [0.1, 0.15) is 4.21 Å². The van der Waals surface area contributed by atoms with Crippen LogP contribution in [0.2, 0.25) is 0 Å². The molecule has 13 heteroatoms. The summed E-state index contributed by atoms with van der Waals surface area (Å²) in [7, 11) is -0.987. The van der Waals surface area contributed by atoms with E-state index in [0.29, 0.717) is 12.6 Å². The summed E-state index contributed by atoms with van der Waals surface area (Å²) < 4.78 is 67.1. The third-order valence-electron chi connectivity index (χ3n) is 5.88. The summed E-state index contributed by atoms with van der Waals surface area (Å²) >= 11 is 1.10. The number of alkyl halides is 3. The van der Waals surface area contributed by atoms with E-state index in [4.69, 9.17) is 4.84 Å². The van der Waals surface area contributed by atoms with Crippen LogP contribution in [0.3, 0.4) is 0 Å². The van der Waals surface area contributed by atoms with Gasteiger partial charge >= 0.3 is 6.18 Å². The number of hydrogen-bond acceptors (Lipinski definition) is 7. The monoisotopic (exact) mass is 521 g/mol. The number of amides is 1. The lowest BCUT2D eigenvalue weighted by atomic mass is 9.95. The van der Waals surface area contributed by atoms with Gasteiger partial charge in [0.05, 0.1) is 19.6 Å². The minimum atomic E-state index is -4.85. The minimum absolute atomic E-state index is 0.00550. The Labute approximate surface area is 200 Å². The van der Waals surface area contributed by atoms with Gasteiger partial charge in [-0.25, -0.2) is 13.5 Å².